The molecule has 5 rings (SSSR count). The van der Waals surface area contributed by atoms with Gasteiger partial charge in [-0.15, -0.1) is 10.2 Å². The van der Waals surface area contributed by atoms with E-state index in [1.807, 2.05) is 36.4 Å². The zero-order valence-electron chi connectivity index (χ0n) is 20.9. The van der Waals surface area contributed by atoms with Crippen LogP contribution < -0.4 is 10.2 Å². The molecule has 5 aromatic rings. The molecular weight excluding hydrogens is 486 g/mol. The molecule has 0 saturated carbocycles. The highest BCUT2D eigenvalue weighted by Gasteiger charge is 2.18. The van der Waals surface area contributed by atoms with E-state index >= 15 is 0 Å². The molecule has 0 aliphatic rings. The molecule has 3 heterocycles. The van der Waals surface area contributed by atoms with E-state index in [2.05, 4.69) is 49.7 Å². The van der Waals surface area contributed by atoms with Crippen LogP contribution in [0.15, 0.2) is 79.0 Å². The minimum atomic E-state index is -0.414. The third-order valence-electron chi connectivity index (χ3n) is 5.80. The van der Waals surface area contributed by atoms with Crippen molar-refractivity contribution in [1.82, 2.24) is 30.6 Å². The van der Waals surface area contributed by atoms with Crippen LogP contribution >= 0.6 is 0 Å². The highest BCUT2D eigenvalue weighted by molar-refractivity contribution is 5.81. The van der Waals surface area contributed by atoms with Gasteiger partial charge in [0.1, 0.15) is 23.3 Å². The number of halogens is 2. The average Bonchev–Trinajstić information content (AvgIpc) is 3.46. The number of hydrogen-bond acceptors (Lipinski definition) is 7. The van der Waals surface area contributed by atoms with Crippen LogP contribution in [0.1, 0.15) is 19.4 Å². The third kappa shape index (κ3) is 5.97. The molecule has 38 heavy (non-hydrogen) atoms. The molecule has 0 bridgehead atoms. The van der Waals surface area contributed by atoms with Crippen LogP contribution in [0.2, 0.25) is 0 Å². The summed E-state index contributed by atoms with van der Waals surface area (Å²) in [7, 11) is 0. The van der Waals surface area contributed by atoms with Gasteiger partial charge in [0, 0.05) is 36.0 Å². The van der Waals surface area contributed by atoms with Crippen LogP contribution in [-0.2, 0) is 6.54 Å². The molecule has 0 amide bonds. The summed E-state index contributed by atoms with van der Waals surface area (Å²) in [4.78, 5) is 11.3. The van der Waals surface area contributed by atoms with Gasteiger partial charge < -0.3 is 10.2 Å². The normalized spacial score (nSPS) is 11.1. The van der Waals surface area contributed by atoms with E-state index in [1.165, 1.54) is 18.2 Å². The number of H-pyrrole nitrogens is 1. The summed E-state index contributed by atoms with van der Waals surface area (Å²) >= 11 is 0. The van der Waals surface area contributed by atoms with Crippen molar-refractivity contribution in [2.75, 3.05) is 16.8 Å². The van der Waals surface area contributed by atoms with Crippen LogP contribution in [0.5, 0.6) is 0 Å². The second-order valence-electron chi connectivity index (χ2n) is 9.27. The highest BCUT2D eigenvalue weighted by atomic mass is 19.1. The molecule has 0 aliphatic heterocycles. The van der Waals surface area contributed by atoms with Crippen LogP contribution in [0.4, 0.5) is 26.1 Å². The molecule has 8 nitrogen and oxygen atoms in total. The second-order valence-corrected chi connectivity index (χ2v) is 9.27. The SMILES string of the molecule is CC(C)CN(Cc1ccc(F)cc1)c1cc(Nc2ccc(F)cn2)cc(-c2ccccc2-c2nn[nH]n2)n1. The number of aromatic amines is 1. The van der Waals surface area contributed by atoms with Gasteiger partial charge in [-0.1, -0.05) is 50.2 Å². The van der Waals surface area contributed by atoms with Gasteiger partial charge in [0.05, 0.1) is 11.9 Å². The average molecular weight is 513 g/mol. The zero-order valence-corrected chi connectivity index (χ0v) is 20.9. The number of nitrogens with one attached hydrogen (secondary N) is 2. The van der Waals surface area contributed by atoms with Crippen LogP contribution in [0.3, 0.4) is 0 Å². The number of tetrazole rings is 1. The maximum absolute atomic E-state index is 13.6. The quantitative estimate of drug-likeness (QED) is 0.250. The van der Waals surface area contributed by atoms with E-state index in [1.54, 1.807) is 18.2 Å². The number of pyridine rings is 2. The Kier molecular flexibility index (Phi) is 7.30. The summed E-state index contributed by atoms with van der Waals surface area (Å²) in [6.07, 6.45) is 1.16. The third-order valence-corrected chi connectivity index (χ3v) is 5.80. The van der Waals surface area contributed by atoms with Crippen molar-refractivity contribution in [3.8, 4) is 22.6 Å². The maximum Gasteiger partial charge on any atom is 0.205 e. The molecule has 0 spiro atoms. The Balaban J connectivity index is 1.61. The molecular formula is C28H26F2N8. The first-order valence-electron chi connectivity index (χ1n) is 12.2. The smallest absolute Gasteiger partial charge is 0.205 e. The van der Waals surface area contributed by atoms with E-state index in [0.717, 1.165) is 28.6 Å². The van der Waals surface area contributed by atoms with Crippen molar-refractivity contribution in [1.29, 1.82) is 0 Å². The van der Waals surface area contributed by atoms with Gasteiger partial charge in [0.15, 0.2) is 0 Å². The molecule has 0 aliphatic carbocycles. The van der Waals surface area contributed by atoms with E-state index in [4.69, 9.17) is 4.98 Å². The van der Waals surface area contributed by atoms with Crippen molar-refractivity contribution in [2.45, 2.75) is 20.4 Å². The lowest BCUT2D eigenvalue weighted by Crippen LogP contribution is -2.28. The lowest BCUT2D eigenvalue weighted by Gasteiger charge is -2.27. The van der Waals surface area contributed by atoms with Gasteiger partial charge in [0.25, 0.3) is 0 Å². The molecule has 3 aromatic heterocycles. The predicted octanol–water partition coefficient (Wildman–Crippen LogP) is 6.01. The van der Waals surface area contributed by atoms with Gasteiger partial charge in [-0.05, 0) is 47.0 Å². The molecule has 0 fully saturated rings. The Labute approximate surface area is 218 Å². The summed E-state index contributed by atoms with van der Waals surface area (Å²) in [6.45, 7) is 5.52. The van der Waals surface area contributed by atoms with Gasteiger partial charge in [-0.25, -0.2) is 18.7 Å². The largest absolute Gasteiger partial charge is 0.352 e. The minimum Gasteiger partial charge on any atom is -0.352 e. The van der Waals surface area contributed by atoms with Crippen LogP contribution in [0, 0.1) is 17.6 Å². The number of anilines is 3. The zero-order chi connectivity index (χ0) is 26.5. The van der Waals surface area contributed by atoms with Crippen molar-refractivity contribution in [3.05, 3.63) is 96.2 Å². The molecule has 10 heteroatoms. The van der Waals surface area contributed by atoms with Crippen LogP contribution in [0.25, 0.3) is 22.6 Å². The molecule has 0 atom stereocenters. The molecule has 2 aromatic carbocycles. The van der Waals surface area contributed by atoms with Crippen molar-refractivity contribution < 1.29 is 8.78 Å². The Bertz CT molecular complexity index is 1490. The topological polar surface area (TPSA) is 95.5 Å². The first kappa shape index (κ1) is 24.9. The Morgan fingerprint density at radius 1 is 0.921 bits per heavy atom. The number of benzene rings is 2. The van der Waals surface area contributed by atoms with Gasteiger partial charge in [-0.3, -0.25) is 0 Å². The number of hydrogen-bond donors (Lipinski definition) is 2. The lowest BCUT2D eigenvalue weighted by molar-refractivity contribution is 0.602. The second kappa shape index (κ2) is 11.1. The highest BCUT2D eigenvalue weighted by Crippen LogP contribution is 2.33. The van der Waals surface area contributed by atoms with Gasteiger partial charge in [-0.2, -0.15) is 5.21 Å². The molecule has 0 radical (unpaired) electrons. The predicted molar refractivity (Wildman–Crippen MR) is 143 cm³/mol. The lowest BCUT2D eigenvalue weighted by atomic mass is 10.0. The fourth-order valence-electron chi connectivity index (χ4n) is 4.15. The van der Waals surface area contributed by atoms with Crippen LogP contribution in [-0.4, -0.2) is 37.1 Å². The summed E-state index contributed by atoms with van der Waals surface area (Å²) in [5, 5.41) is 17.8. The Hall–Kier alpha value is -4.73. The molecule has 0 saturated heterocycles. The van der Waals surface area contributed by atoms with Gasteiger partial charge >= 0.3 is 0 Å². The minimum absolute atomic E-state index is 0.277. The monoisotopic (exact) mass is 512 g/mol. The van der Waals surface area contributed by atoms with E-state index in [-0.39, 0.29) is 5.82 Å². The van der Waals surface area contributed by atoms with Crippen molar-refractivity contribution in [3.63, 3.8) is 0 Å². The fraction of sp³-hybridized carbons (Fsp3) is 0.179. The van der Waals surface area contributed by atoms with Crippen molar-refractivity contribution in [2.24, 2.45) is 5.92 Å². The maximum atomic E-state index is 13.6. The summed E-state index contributed by atoms with van der Waals surface area (Å²) in [5.74, 6) is 1.31. The van der Waals surface area contributed by atoms with Gasteiger partial charge in [0.2, 0.25) is 5.82 Å². The molecule has 0 unspecified atom stereocenters. The summed E-state index contributed by atoms with van der Waals surface area (Å²) < 4.78 is 27.0. The first-order valence-corrected chi connectivity index (χ1v) is 12.2. The first-order chi connectivity index (χ1) is 18.4. The van der Waals surface area contributed by atoms with E-state index in [9.17, 15) is 8.78 Å². The number of aromatic nitrogens is 6. The molecule has 192 valence electrons. The van der Waals surface area contributed by atoms with E-state index in [0.29, 0.717) is 42.2 Å². The molecule has 2 N–H and O–H groups in total. The number of rotatable bonds is 9. The summed E-state index contributed by atoms with van der Waals surface area (Å²) in [6, 6.07) is 20.9. The Morgan fingerprint density at radius 2 is 1.68 bits per heavy atom. The Morgan fingerprint density at radius 3 is 2.37 bits per heavy atom. The summed E-state index contributed by atoms with van der Waals surface area (Å²) in [5.41, 5.74) is 3.95. The fourth-order valence-corrected chi connectivity index (χ4v) is 4.15. The number of nitrogens with zero attached hydrogens (tertiary/aromatic N) is 6. The van der Waals surface area contributed by atoms with Crippen molar-refractivity contribution >= 4 is 17.3 Å². The standard InChI is InChI=1S/C28H26F2N8/c1-18(2)16-38(17-19-7-9-20(29)10-8-19)27-14-22(32-26-12-11-21(30)15-31-26)13-25(33-27)23-5-3-4-6-24(23)28-34-36-37-35-28/h3-15,18H,16-17H2,1-2H3,(H,31,32,33)(H,34,35,36,37). The van der Waals surface area contributed by atoms with E-state index < -0.39 is 5.82 Å².